The van der Waals surface area contributed by atoms with Gasteiger partial charge in [-0.25, -0.2) is 0 Å². The zero-order chi connectivity index (χ0) is 11.7. The summed E-state index contributed by atoms with van der Waals surface area (Å²) in [4.78, 5) is 0. The van der Waals surface area contributed by atoms with Crippen molar-refractivity contribution in [3.8, 4) is 0 Å². The van der Waals surface area contributed by atoms with Crippen LogP contribution in [0.1, 0.15) is 47.0 Å². The molecule has 2 rings (SSSR count). The van der Waals surface area contributed by atoms with Crippen LogP contribution >= 0.6 is 0 Å². The molecular weight excluding hydrogens is 198 g/mol. The minimum atomic E-state index is 0.424. The monoisotopic (exact) mass is 225 g/mol. The summed E-state index contributed by atoms with van der Waals surface area (Å²) >= 11 is 0. The third-order valence-electron chi connectivity index (χ3n) is 4.53. The van der Waals surface area contributed by atoms with Crippen LogP contribution in [0.2, 0.25) is 0 Å². The van der Waals surface area contributed by atoms with Gasteiger partial charge in [0.05, 0.1) is 12.2 Å². The molecule has 2 aliphatic rings. The molecule has 1 N–H and O–H groups in total. The van der Waals surface area contributed by atoms with Gasteiger partial charge in [0.1, 0.15) is 0 Å². The highest BCUT2D eigenvalue weighted by atomic mass is 16.5. The molecule has 0 aromatic heterocycles. The van der Waals surface area contributed by atoms with E-state index in [1.54, 1.807) is 0 Å². The lowest BCUT2D eigenvalue weighted by Crippen LogP contribution is -2.42. The molecule has 5 atom stereocenters. The van der Waals surface area contributed by atoms with Crippen molar-refractivity contribution in [3.63, 3.8) is 0 Å². The lowest BCUT2D eigenvalue weighted by Gasteiger charge is -2.29. The Balaban J connectivity index is 1.99. The molecule has 2 fully saturated rings. The largest absolute Gasteiger partial charge is 0.375 e. The van der Waals surface area contributed by atoms with Crippen molar-refractivity contribution in [1.82, 2.24) is 5.32 Å². The first-order chi connectivity index (χ1) is 7.63. The molecule has 5 unspecified atom stereocenters. The second kappa shape index (κ2) is 5.05. The quantitative estimate of drug-likeness (QED) is 0.777. The molecule has 1 heterocycles. The summed E-state index contributed by atoms with van der Waals surface area (Å²) in [6.45, 7) is 10.1. The van der Waals surface area contributed by atoms with E-state index in [-0.39, 0.29) is 0 Å². The van der Waals surface area contributed by atoms with Crippen LogP contribution in [-0.2, 0) is 4.74 Å². The van der Waals surface area contributed by atoms with Crippen LogP contribution in [0.25, 0.3) is 0 Å². The molecule has 1 aliphatic heterocycles. The maximum Gasteiger partial charge on any atom is 0.0597 e. The first-order valence-corrected chi connectivity index (χ1v) is 7.02. The Labute approximate surface area is 100 Å². The molecule has 2 nitrogen and oxygen atoms in total. The standard InChI is InChI=1S/C14H27NO/c1-5-15-13(8-12-6-7-12)14-9(2)10(3)16-11(14)4/h9-15H,5-8H2,1-4H3. The molecule has 1 saturated carbocycles. The van der Waals surface area contributed by atoms with Crippen molar-refractivity contribution < 1.29 is 4.74 Å². The summed E-state index contributed by atoms with van der Waals surface area (Å²) in [7, 11) is 0. The summed E-state index contributed by atoms with van der Waals surface area (Å²) in [5, 5.41) is 3.70. The molecule has 0 aromatic rings. The summed E-state index contributed by atoms with van der Waals surface area (Å²) in [6.07, 6.45) is 5.12. The minimum Gasteiger partial charge on any atom is -0.375 e. The van der Waals surface area contributed by atoms with E-state index in [1.165, 1.54) is 19.3 Å². The number of hydrogen-bond donors (Lipinski definition) is 1. The van der Waals surface area contributed by atoms with E-state index in [1.807, 2.05) is 0 Å². The van der Waals surface area contributed by atoms with Gasteiger partial charge in [-0.3, -0.25) is 0 Å². The lowest BCUT2D eigenvalue weighted by molar-refractivity contribution is 0.0470. The smallest absolute Gasteiger partial charge is 0.0597 e. The first kappa shape index (κ1) is 12.4. The van der Waals surface area contributed by atoms with Crippen LogP contribution in [0.15, 0.2) is 0 Å². The van der Waals surface area contributed by atoms with E-state index in [4.69, 9.17) is 4.74 Å². The van der Waals surface area contributed by atoms with Gasteiger partial charge < -0.3 is 10.1 Å². The number of hydrogen-bond acceptors (Lipinski definition) is 2. The van der Waals surface area contributed by atoms with Crippen molar-refractivity contribution >= 4 is 0 Å². The fourth-order valence-electron chi connectivity index (χ4n) is 3.34. The molecule has 0 spiro atoms. The average molecular weight is 225 g/mol. The minimum absolute atomic E-state index is 0.424. The number of nitrogens with one attached hydrogen (secondary N) is 1. The fourth-order valence-corrected chi connectivity index (χ4v) is 3.34. The van der Waals surface area contributed by atoms with Gasteiger partial charge in [-0.2, -0.15) is 0 Å². The summed E-state index contributed by atoms with van der Waals surface area (Å²) in [5.74, 6) is 2.40. The van der Waals surface area contributed by atoms with Gasteiger partial charge in [-0.15, -0.1) is 0 Å². The molecule has 0 bridgehead atoms. The molecule has 0 radical (unpaired) electrons. The van der Waals surface area contributed by atoms with Crippen molar-refractivity contribution in [2.75, 3.05) is 6.54 Å². The third kappa shape index (κ3) is 2.60. The molecule has 1 saturated heterocycles. The Morgan fingerprint density at radius 1 is 1.19 bits per heavy atom. The molecular formula is C14H27NO. The third-order valence-corrected chi connectivity index (χ3v) is 4.53. The summed E-state index contributed by atoms with van der Waals surface area (Å²) < 4.78 is 5.98. The van der Waals surface area contributed by atoms with E-state index in [2.05, 4.69) is 33.0 Å². The van der Waals surface area contributed by atoms with Crippen LogP contribution in [0.5, 0.6) is 0 Å². The highest BCUT2D eigenvalue weighted by Gasteiger charge is 2.42. The van der Waals surface area contributed by atoms with Crippen molar-refractivity contribution in [1.29, 1.82) is 0 Å². The van der Waals surface area contributed by atoms with Crippen LogP contribution in [0.3, 0.4) is 0 Å². The number of rotatable bonds is 5. The Hall–Kier alpha value is -0.0800. The van der Waals surface area contributed by atoms with Crippen LogP contribution in [-0.4, -0.2) is 24.8 Å². The molecule has 0 aromatic carbocycles. The van der Waals surface area contributed by atoms with Gasteiger partial charge in [-0.1, -0.05) is 26.7 Å². The maximum atomic E-state index is 5.98. The molecule has 94 valence electrons. The normalized spacial score (nSPS) is 41.2. The topological polar surface area (TPSA) is 21.3 Å². The molecule has 2 heteroatoms. The van der Waals surface area contributed by atoms with Crippen molar-refractivity contribution in [2.24, 2.45) is 17.8 Å². The van der Waals surface area contributed by atoms with Crippen molar-refractivity contribution in [3.05, 3.63) is 0 Å². The van der Waals surface area contributed by atoms with E-state index < -0.39 is 0 Å². The van der Waals surface area contributed by atoms with Gasteiger partial charge in [0.25, 0.3) is 0 Å². The van der Waals surface area contributed by atoms with Gasteiger partial charge in [-0.05, 0) is 38.6 Å². The Morgan fingerprint density at radius 3 is 2.31 bits per heavy atom. The average Bonchev–Trinajstić information content (AvgIpc) is 2.97. The molecule has 0 amide bonds. The van der Waals surface area contributed by atoms with Gasteiger partial charge >= 0.3 is 0 Å². The Bertz CT molecular complexity index is 227. The van der Waals surface area contributed by atoms with E-state index >= 15 is 0 Å². The van der Waals surface area contributed by atoms with E-state index in [9.17, 15) is 0 Å². The van der Waals surface area contributed by atoms with Gasteiger partial charge in [0.15, 0.2) is 0 Å². The van der Waals surface area contributed by atoms with Crippen LogP contribution in [0.4, 0.5) is 0 Å². The lowest BCUT2D eigenvalue weighted by atomic mass is 9.81. The Kier molecular flexibility index (Phi) is 3.91. The Morgan fingerprint density at radius 2 is 1.88 bits per heavy atom. The van der Waals surface area contributed by atoms with Crippen LogP contribution in [0, 0.1) is 17.8 Å². The maximum absolute atomic E-state index is 5.98. The molecule has 16 heavy (non-hydrogen) atoms. The highest BCUT2D eigenvalue weighted by Crippen LogP contribution is 2.40. The predicted octanol–water partition coefficient (Wildman–Crippen LogP) is 2.82. The zero-order valence-electron chi connectivity index (χ0n) is 11.2. The van der Waals surface area contributed by atoms with Crippen molar-refractivity contribution in [2.45, 2.75) is 65.2 Å². The fraction of sp³-hybridized carbons (Fsp3) is 1.00. The molecule has 1 aliphatic carbocycles. The predicted molar refractivity (Wildman–Crippen MR) is 67.5 cm³/mol. The second-order valence-corrected chi connectivity index (χ2v) is 5.83. The first-order valence-electron chi connectivity index (χ1n) is 7.02. The highest BCUT2D eigenvalue weighted by molar-refractivity contribution is 4.94. The number of ether oxygens (including phenoxy) is 1. The summed E-state index contributed by atoms with van der Waals surface area (Å²) in [6, 6.07) is 0.674. The van der Waals surface area contributed by atoms with Gasteiger partial charge in [0.2, 0.25) is 0 Å². The van der Waals surface area contributed by atoms with E-state index in [0.29, 0.717) is 30.1 Å². The zero-order valence-corrected chi connectivity index (χ0v) is 11.2. The van der Waals surface area contributed by atoms with Gasteiger partial charge in [0, 0.05) is 12.0 Å². The van der Waals surface area contributed by atoms with Crippen LogP contribution < -0.4 is 5.32 Å². The SMILES string of the molecule is CCNC(CC1CC1)C1C(C)OC(C)C1C. The summed E-state index contributed by atoms with van der Waals surface area (Å²) in [5.41, 5.74) is 0. The van der Waals surface area contributed by atoms with E-state index in [0.717, 1.165) is 12.5 Å². The second-order valence-electron chi connectivity index (χ2n) is 5.83.